The van der Waals surface area contributed by atoms with Gasteiger partial charge in [-0.25, -0.2) is 4.98 Å². The third kappa shape index (κ3) is 4.62. The van der Waals surface area contributed by atoms with Crippen LogP contribution in [0, 0.1) is 6.92 Å². The number of aliphatic hydroxyl groups excluding tert-OH is 1. The molecule has 0 aliphatic heterocycles. The monoisotopic (exact) mass is 415 g/mol. The average Bonchev–Trinajstić information content (AvgIpc) is 3.25. The SMILES string of the molecule is Cc1ccc(NC(=O)c2ccc(CO)cc2)cc1Cc1nc(-c2cccnc2)cs1. The molecule has 0 aliphatic carbocycles. The predicted molar refractivity (Wildman–Crippen MR) is 120 cm³/mol. The number of hydrogen-bond donors (Lipinski definition) is 2. The molecule has 2 heterocycles. The van der Waals surface area contributed by atoms with Crippen molar-refractivity contribution in [1.29, 1.82) is 0 Å². The zero-order chi connectivity index (χ0) is 20.9. The van der Waals surface area contributed by atoms with Gasteiger partial charge in [-0.3, -0.25) is 9.78 Å². The minimum Gasteiger partial charge on any atom is -0.392 e. The highest BCUT2D eigenvalue weighted by molar-refractivity contribution is 7.10. The summed E-state index contributed by atoms with van der Waals surface area (Å²) >= 11 is 1.62. The molecule has 30 heavy (non-hydrogen) atoms. The molecule has 2 aromatic heterocycles. The van der Waals surface area contributed by atoms with E-state index in [2.05, 4.69) is 17.2 Å². The molecule has 150 valence electrons. The van der Waals surface area contributed by atoms with Gasteiger partial charge >= 0.3 is 0 Å². The molecule has 5 nitrogen and oxygen atoms in total. The molecule has 2 aromatic carbocycles. The summed E-state index contributed by atoms with van der Waals surface area (Å²) in [4.78, 5) is 21.4. The minimum absolute atomic E-state index is 0.0392. The van der Waals surface area contributed by atoms with Crippen molar-refractivity contribution in [2.75, 3.05) is 5.32 Å². The number of carbonyl (C=O) groups is 1. The number of aryl methyl sites for hydroxylation is 1. The summed E-state index contributed by atoms with van der Waals surface area (Å²) in [7, 11) is 0. The van der Waals surface area contributed by atoms with E-state index in [1.807, 2.05) is 41.9 Å². The molecule has 0 unspecified atom stereocenters. The van der Waals surface area contributed by atoms with Crippen molar-refractivity contribution < 1.29 is 9.90 Å². The molecule has 0 radical (unpaired) electrons. The number of nitrogens with zero attached hydrogens (tertiary/aromatic N) is 2. The lowest BCUT2D eigenvalue weighted by Gasteiger charge is -2.10. The minimum atomic E-state index is -0.178. The van der Waals surface area contributed by atoms with Crippen molar-refractivity contribution in [2.45, 2.75) is 20.0 Å². The molecule has 0 fully saturated rings. The van der Waals surface area contributed by atoms with Gasteiger partial charge in [0, 0.05) is 41.0 Å². The number of pyridine rings is 1. The molecular formula is C24H21N3O2S. The topological polar surface area (TPSA) is 75.1 Å². The molecule has 0 spiro atoms. The lowest BCUT2D eigenvalue weighted by Crippen LogP contribution is -2.12. The first-order chi connectivity index (χ1) is 14.6. The van der Waals surface area contributed by atoms with Crippen molar-refractivity contribution in [2.24, 2.45) is 0 Å². The van der Waals surface area contributed by atoms with Crippen LogP contribution in [0.5, 0.6) is 0 Å². The van der Waals surface area contributed by atoms with Crippen molar-refractivity contribution in [3.05, 3.63) is 99.6 Å². The summed E-state index contributed by atoms with van der Waals surface area (Å²) in [6.07, 6.45) is 4.26. The van der Waals surface area contributed by atoms with E-state index in [0.29, 0.717) is 12.0 Å². The fourth-order valence-electron chi connectivity index (χ4n) is 3.11. The highest BCUT2D eigenvalue weighted by atomic mass is 32.1. The van der Waals surface area contributed by atoms with E-state index in [0.717, 1.165) is 38.6 Å². The van der Waals surface area contributed by atoms with Gasteiger partial charge in [-0.1, -0.05) is 18.2 Å². The number of benzene rings is 2. The first-order valence-electron chi connectivity index (χ1n) is 9.58. The Morgan fingerprint density at radius 3 is 2.70 bits per heavy atom. The predicted octanol–water partition coefficient (Wildman–Crippen LogP) is 4.85. The van der Waals surface area contributed by atoms with E-state index in [9.17, 15) is 4.79 Å². The van der Waals surface area contributed by atoms with Gasteiger partial charge in [0.25, 0.3) is 5.91 Å². The maximum atomic E-state index is 12.5. The summed E-state index contributed by atoms with van der Waals surface area (Å²) < 4.78 is 0. The average molecular weight is 416 g/mol. The van der Waals surface area contributed by atoms with Crippen LogP contribution in [0.1, 0.15) is 32.1 Å². The maximum Gasteiger partial charge on any atom is 0.255 e. The number of rotatable bonds is 6. The number of aliphatic hydroxyl groups is 1. The summed E-state index contributed by atoms with van der Waals surface area (Å²) in [5, 5.41) is 15.2. The van der Waals surface area contributed by atoms with Gasteiger partial charge in [0.05, 0.1) is 17.3 Å². The van der Waals surface area contributed by atoms with Crippen LogP contribution < -0.4 is 5.32 Å². The lowest BCUT2D eigenvalue weighted by atomic mass is 10.0. The van der Waals surface area contributed by atoms with Crippen molar-refractivity contribution in [1.82, 2.24) is 9.97 Å². The summed E-state index contributed by atoms with van der Waals surface area (Å²) in [5.74, 6) is -0.178. The molecule has 0 saturated carbocycles. The molecule has 0 atom stereocenters. The fourth-order valence-corrected chi connectivity index (χ4v) is 3.93. The van der Waals surface area contributed by atoms with Crippen molar-refractivity contribution in [3.63, 3.8) is 0 Å². The van der Waals surface area contributed by atoms with Gasteiger partial charge in [-0.05, 0) is 60.0 Å². The van der Waals surface area contributed by atoms with Gasteiger partial charge in [-0.2, -0.15) is 0 Å². The van der Waals surface area contributed by atoms with E-state index in [1.165, 1.54) is 0 Å². The number of aromatic nitrogens is 2. The van der Waals surface area contributed by atoms with E-state index < -0.39 is 0 Å². The highest BCUT2D eigenvalue weighted by Crippen LogP contribution is 2.25. The fraction of sp³-hybridized carbons (Fsp3) is 0.125. The Balaban J connectivity index is 1.49. The Kier molecular flexibility index (Phi) is 5.97. The second kappa shape index (κ2) is 8.98. The molecule has 2 N–H and O–H groups in total. The summed E-state index contributed by atoms with van der Waals surface area (Å²) in [6, 6.07) is 16.7. The second-order valence-corrected chi connectivity index (χ2v) is 7.94. The van der Waals surface area contributed by atoms with Crippen molar-refractivity contribution in [3.8, 4) is 11.3 Å². The van der Waals surface area contributed by atoms with Crippen LogP contribution >= 0.6 is 11.3 Å². The number of hydrogen-bond acceptors (Lipinski definition) is 5. The molecule has 4 aromatic rings. The van der Waals surface area contributed by atoms with Gasteiger partial charge in [0.2, 0.25) is 0 Å². The maximum absolute atomic E-state index is 12.5. The Bertz CT molecular complexity index is 1150. The first kappa shape index (κ1) is 19.9. The quantitative estimate of drug-likeness (QED) is 0.472. The number of anilines is 1. The van der Waals surface area contributed by atoms with Crippen LogP contribution in [0.15, 0.2) is 72.4 Å². The number of carbonyl (C=O) groups excluding carboxylic acids is 1. The van der Waals surface area contributed by atoms with Crippen LogP contribution in [0.3, 0.4) is 0 Å². The Hall–Kier alpha value is -3.35. The van der Waals surface area contributed by atoms with Crippen LogP contribution in [-0.4, -0.2) is 21.0 Å². The Morgan fingerprint density at radius 2 is 1.97 bits per heavy atom. The molecule has 0 saturated heterocycles. The summed E-state index contributed by atoms with van der Waals surface area (Å²) in [6.45, 7) is 2.02. The molecule has 1 amide bonds. The third-order valence-electron chi connectivity index (χ3n) is 4.86. The van der Waals surface area contributed by atoms with E-state index in [1.54, 1.807) is 41.8 Å². The number of amides is 1. The van der Waals surface area contributed by atoms with Crippen LogP contribution in [0.2, 0.25) is 0 Å². The lowest BCUT2D eigenvalue weighted by molar-refractivity contribution is 0.102. The van der Waals surface area contributed by atoms with Gasteiger partial charge < -0.3 is 10.4 Å². The molecular weight excluding hydrogens is 394 g/mol. The number of nitrogens with one attached hydrogen (secondary N) is 1. The molecule has 0 bridgehead atoms. The Morgan fingerprint density at radius 1 is 1.13 bits per heavy atom. The van der Waals surface area contributed by atoms with Crippen LogP contribution in [0.4, 0.5) is 5.69 Å². The Labute approximate surface area is 179 Å². The van der Waals surface area contributed by atoms with Gasteiger partial charge in [0.1, 0.15) is 0 Å². The molecule has 4 rings (SSSR count). The summed E-state index contributed by atoms with van der Waals surface area (Å²) in [5.41, 5.74) is 6.28. The van der Waals surface area contributed by atoms with Gasteiger partial charge in [0.15, 0.2) is 0 Å². The van der Waals surface area contributed by atoms with E-state index >= 15 is 0 Å². The third-order valence-corrected chi connectivity index (χ3v) is 5.71. The second-order valence-electron chi connectivity index (χ2n) is 7.00. The van der Waals surface area contributed by atoms with E-state index in [4.69, 9.17) is 10.1 Å². The largest absolute Gasteiger partial charge is 0.392 e. The van der Waals surface area contributed by atoms with Crippen molar-refractivity contribution >= 4 is 22.9 Å². The zero-order valence-electron chi connectivity index (χ0n) is 16.5. The number of thiazole rings is 1. The highest BCUT2D eigenvalue weighted by Gasteiger charge is 2.10. The zero-order valence-corrected chi connectivity index (χ0v) is 17.3. The standard InChI is InChI=1S/C24H21N3O2S/c1-16-4-9-21(26-24(29)18-7-5-17(14-28)6-8-18)11-20(16)12-23-27-22(15-30-23)19-3-2-10-25-13-19/h2-11,13,15,28H,12,14H2,1H3,(H,26,29). The smallest absolute Gasteiger partial charge is 0.255 e. The molecule has 0 aliphatic rings. The molecule has 6 heteroatoms. The van der Waals surface area contributed by atoms with Crippen LogP contribution in [-0.2, 0) is 13.0 Å². The first-order valence-corrected chi connectivity index (χ1v) is 10.5. The van der Waals surface area contributed by atoms with Crippen LogP contribution in [0.25, 0.3) is 11.3 Å². The normalized spacial score (nSPS) is 10.7. The van der Waals surface area contributed by atoms with E-state index in [-0.39, 0.29) is 12.5 Å². The van der Waals surface area contributed by atoms with Gasteiger partial charge in [-0.15, -0.1) is 11.3 Å².